The predicted octanol–water partition coefficient (Wildman–Crippen LogP) is 5.97. The van der Waals surface area contributed by atoms with Gasteiger partial charge >= 0.3 is 0 Å². The highest BCUT2D eigenvalue weighted by atomic mass is 35.5. The Balaban J connectivity index is 1.39. The van der Waals surface area contributed by atoms with E-state index in [-0.39, 0.29) is 11.7 Å². The molecule has 32 heavy (non-hydrogen) atoms. The van der Waals surface area contributed by atoms with E-state index in [0.29, 0.717) is 15.7 Å². The second-order valence-corrected chi connectivity index (χ2v) is 9.19. The van der Waals surface area contributed by atoms with Crippen LogP contribution >= 0.6 is 34.7 Å². The standard InChI is InChI=1S/C23H19ClN4O2S2/c1-14-22(32-23(25-14)15-3-9-18(30-2)10-4-15)19-11-12-21(28-27-19)31-13-20(29)26-17-7-5-16(24)6-8-17/h3-12H,13H2,1-2H3,(H,26,29). The third-order valence-electron chi connectivity index (χ3n) is 4.49. The molecule has 162 valence electrons. The number of anilines is 1. The molecule has 0 aliphatic rings. The lowest BCUT2D eigenvalue weighted by molar-refractivity contribution is -0.113. The van der Waals surface area contributed by atoms with E-state index in [1.807, 2.05) is 43.3 Å². The average Bonchev–Trinajstić information content (AvgIpc) is 3.21. The number of rotatable bonds is 7. The van der Waals surface area contributed by atoms with Crippen LogP contribution in [0.15, 0.2) is 65.7 Å². The number of benzene rings is 2. The Morgan fingerprint density at radius 2 is 1.81 bits per heavy atom. The molecule has 0 saturated heterocycles. The molecule has 0 aliphatic heterocycles. The third kappa shape index (κ3) is 5.45. The Morgan fingerprint density at radius 3 is 2.47 bits per heavy atom. The number of hydrogen-bond acceptors (Lipinski definition) is 7. The Kier molecular flexibility index (Phi) is 7.04. The molecule has 2 heterocycles. The van der Waals surface area contributed by atoms with E-state index >= 15 is 0 Å². The molecule has 9 heteroatoms. The first-order valence-corrected chi connectivity index (χ1v) is 11.8. The molecule has 4 rings (SSSR count). The van der Waals surface area contributed by atoms with E-state index in [1.165, 1.54) is 11.8 Å². The lowest BCUT2D eigenvalue weighted by Gasteiger charge is -2.05. The number of nitrogens with zero attached hydrogens (tertiary/aromatic N) is 3. The van der Waals surface area contributed by atoms with Crippen LogP contribution in [0.25, 0.3) is 21.1 Å². The molecule has 1 N–H and O–H groups in total. The van der Waals surface area contributed by atoms with Crippen LogP contribution in [0.5, 0.6) is 5.75 Å². The van der Waals surface area contributed by atoms with Crippen LogP contribution in [-0.2, 0) is 4.79 Å². The first-order valence-electron chi connectivity index (χ1n) is 9.66. The number of methoxy groups -OCH3 is 1. The first kappa shape index (κ1) is 22.3. The normalized spacial score (nSPS) is 10.7. The van der Waals surface area contributed by atoms with Gasteiger partial charge in [-0.1, -0.05) is 23.4 Å². The zero-order valence-electron chi connectivity index (χ0n) is 17.3. The van der Waals surface area contributed by atoms with Crippen molar-refractivity contribution in [3.63, 3.8) is 0 Å². The van der Waals surface area contributed by atoms with Crippen molar-refractivity contribution in [3.05, 3.63) is 71.4 Å². The summed E-state index contributed by atoms with van der Waals surface area (Å²) in [5.41, 5.74) is 3.39. The molecule has 0 spiro atoms. The van der Waals surface area contributed by atoms with Gasteiger partial charge in [0.2, 0.25) is 5.91 Å². The van der Waals surface area contributed by atoms with Crippen molar-refractivity contribution in [3.8, 4) is 26.9 Å². The number of thiazole rings is 1. The third-order valence-corrected chi connectivity index (χ3v) is 6.89. The summed E-state index contributed by atoms with van der Waals surface area (Å²) >= 11 is 8.76. The van der Waals surface area contributed by atoms with Crippen molar-refractivity contribution in [2.24, 2.45) is 0 Å². The zero-order valence-corrected chi connectivity index (χ0v) is 19.7. The second-order valence-electron chi connectivity index (χ2n) is 6.76. The molecular formula is C23H19ClN4O2S2. The minimum absolute atomic E-state index is 0.120. The molecule has 4 aromatic rings. The highest BCUT2D eigenvalue weighted by Gasteiger charge is 2.14. The van der Waals surface area contributed by atoms with Gasteiger partial charge in [0, 0.05) is 16.3 Å². The summed E-state index contributed by atoms with van der Waals surface area (Å²) < 4.78 is 5.22. The van der Waals surface area contributed by atoms with E-state index in [2.05, 4.69) is 20.5 Å². The highest BCUT2D eigenvalue weighted by molar-refractivity contribution is 7.99. The second kappa shape index (κ2) is 10.1. The van der Waals surface area contributed by atoms with Crippen LogP contribution in [0.2, 0.25) is 5.02 Å². The van der Waals surface area contributed by atoms with Crippen LogP contribution < -0.4 is 10.1 Å². The lowest BCUT2D eigenvalue weighted by atomic mass is 10.2. The summed E-state index contributed by atoms with van der Waals surface area (Å²) in [6.07, 6.45) is 0. The van der Waals surface area contributed by atoms with Crippen molar-refractivity contribution in [1.82, 2.24) is 15.2 Å². The van der Waals surface area contributed by atoms with E-state index < -0.39 is 0 Å². The summed E-state index contributed by atoms with van der Waals surface area (Å²) in [5, 5.41) is 13.7. The number of ether oxygens (including phenoxy) is 1. The van der Waals surface area contributed by atoms with Crippen molar-refractivity contribution in [1.29, 1.82) is 0 Å². The van der Waals surface area contributed by atoms with Crippen molar-refractivity contribution in [2.45, 2.75) is 11.9 Å². The van der Waals surface area contributed by atoms with Crippen LogP contribution in [0.1, 0.15) is 5.69 Å². The molecule has 0 saturated carbocycles. The lowest BCUT2D eigenvalue weighted by Crippen LogP contribution is -2.14. The van der Waals surface area contributed by atoms with Gasteiger partial charge in [-0.25, -0.2) is 4.98 Å². The van der Waals surface area contributed by atoms with Gasteiger partial charge in [-0.3, -0.25) is 4.79 Å². The number of aromatic nitrogens is 3. The highest BCUT2D eigenvalue weighted by Crippen LogP contribution is 2.35. The Labute approximate surface area is 199 Å². The minimum Gasteiger partial charge on any atom is -0.497 e. The van der Waals surface area contributed by atoms with Crippen LogP contribution in [0.3, 0.4) is 0 Å². The predicted molar refractivity (Wildman–Crippen MR) is 131 cm³/mol. The molecule has 0 fully saturated rings. The van der Waals surface area contributed by atoms with E-state index in [4.69, 9.17) is 16.3 Å². The molecule has 2 aromatic heterocycles. The molecule has 0 bridgehead atoms. The molecule has 6 nitrogen and oxygen atoms in total. The Morgan fingerprint density at radius 1 is 1.06 bits per heavy atom. The minimum atomic E-state index is -0.120. The fourth-order valence-corrected chi connectivity index (χ4v) is 4.66. The number of hydrogen-bond donors (Lipinski definition) is 1. The maximum Gasteiger partial charge on any atom is 0.234 e. The first-order chi connectivity index (χ1) is 15.5. The summed E-state index contributed by atoms with van der Waals surface area (Å²) in [6.45, 7) is 1.96. The zero-order chi connectivity index (χ0) is 22.5. The number of thioether (sulfide) groups is 1. The summed E-state index contributed by atoms with van der Waals surface area (Å²) in [7, 11) is 1.65. The average molecular weight is 483 g/mol. The fraction of sp³-hybridized carbons (Fsp3) is 0.130. The summed E-state index contributed by atoms with van der Waals surface area (Å²) in [4.78, 5) is 17.8. The number of nitrogens with one attached hydrogen (secondary N) is 1. The number of carbonyl (C=O) groups excluding carboxylic acids is 1. The van der Waals surface area contributed by atoms with Gasteiger partial charge in [0.05, 0.1) is 23.4 Å². The molecule has 0 radical (unpaired) electrons. The number of carbonyl (C=O) groups is 1. The number of amides is 1. The van der Waals surface area contributed by atoms with Gasteiger partial charge in [-0.2, -0.15) is 0 Å². The molecule has 1 amide bonds. The van der Waals surface area contributed by atoms with Gasteiger partial charge in [0.15, 0.2) is 0 Å². The van der Waals surface area contributed by atoms with Crippen molar-refractivity contribution in [2.75, 3.05) is 18.2 Å². The van der Waals surface area contributed by atoms with Crippen molar-refractivity contribution < 1.29 is 9.53 Å². The maximum absolute atomic E-state index is 12.2. The number of aryl methyl sites for hydroxylation is 1. The van der Waals surface area contributed by atoms with Crippen LogP contribution in [0, 0.1) is 6.92 Å². The van der Waals surface area contributed by atoms with Gasteiger partial charge in [-0.05, 0) is 67.6 Å². The van der Waals surface area contributed by atoms with Crippen LogP contribution in [0.4, 0.5) is 5.69 Å². The van der Waals surface area contributed by atoms with Gasteiger partial charge < -0.3 is 10.1 Å². The van der Waals surface area contributed by atoms with Crippen molar-refractivity contribution >= 4 is 46.3 Å². The SMILES string of the molecule is COc1ccc(-c2nc(C)c(-c3ccc(SCC(=O)Nc4ccc(Cl)cc4)nn3)s2)cc1. The van der Waals surface area contributed by atoms with E-state index in [0.717, 1.165) is 32.6 Å². The molecule has 0 unspecified atom stereocenters. The van der Waals surface area contributed by atoms with E-state index in [1.54, 1.807) is 42.7 Å². The smallest absolute Gasteiger partial charge is 0.234 e. The van der Waals surface area contributed by atoms with E-state index in [9.17, 15) is 4.79 Å². The molecule has 0 aliphatic carbocycles. The van der Waals surface area contributed by atoms with Gasteiger partial charge in [0.25, 0.3) is 0 Å². The summed E-state index contributed by atoms with van der Waals surface area (Å²) in [6, 6.07) is 18.6. The molecule has 2 aromatic carbocycles. The Bertz CT molecular complexity index is 1210. The monoisotopic (exact) mass is 482 g/mol. The summed E-state index contributed by atoms with van der Waals surface area (Å²) in [5.74, 6) is 0.923. The van der Waals surface area contributed by atoms with Gasteiger partial charge in [-0.15, -0.1) is 21.5 Å². The number of halogens is 1. The van der Waals surface area contributed by atoms with Crippen LogP contribution in [-0.4, -0.2) is 34.0 Å². The van der Waals surface area contributed by atoms with Gasteiger partial charge in [0.1, 0.15) is 21.5 Å². The quantitative estimate of drug-likeness (QED) is 0.327. The fourth-order valence-electron chi connectivity index (χ4n) is 2.88. The largest absolute Gasteiger partial charge is 0.497 e. The maximum atomic E-state index is 12.2. The molecular weight excluding hydrogens is 464 g/mol. The Hall–Kier alpha value is -2.94. The molecule has 0 atom stereocenters. The topological polar surface area (TPSA) is 77.0 Å².